The number of anilines is 1. The lowest BCUT2D eigenvalue weighted by molar-refractivity contribution is 0.0789. The molecule has 1 aromatic heterocycles. The quantitative estimate of drug-likeness (QED) is 0.876. The summed E-state index contributed by atoms with van der Waals surface area (Å²) in [5, 5.41) is 4.60. The zero-order valence-corrected chi connectivity index (χ0v) is 11.1. The van der Waals surface area contributed by atoms with E-state index in [2.05, 4.69) is 18.9 Å². The number of ether oxygens (including phenoxy) is 1. The monoisotopic (exact) mass is 237 g/mol. The number of hydrogen-bond acceptors (Lipinski definition) is 3. The summed E-state index contributed by atoms with van der Waals surface area (Å²) in [6.07, 6.45) is 3.30. The summed E-state index contributed by atoms with van der Waals surface area (Å²) >= 11 is 0. The number of hydrogen-bond donors (Lipinski definition) is 1. The Morgan fingerprint density at radius 1 is 1.53 bits per heavy atom. The molecule has 4 nitrogen and oxygen atoms in total. The molecule has 0 amide bonds. The van der Waals surface area contributed by atoms with E-state index in [1.54, 1.807) is 0 Å². The first-order chi connectivity index (χ1) is 8.09. The summed E-state index contributed by atoms with van der Waals surface area (Å²) in [5.41, 5.74) is 8.52. The SMILES string of the molecule is CC(C)Cc1c(C2CCCOC2)nn(C)c1N. The average Bonchev–Trinajstić information content (AvgIpc) is 2.58. The summed E-state index contributed by atoms with van der Waals surface area (Å²) in [6.45, 7) is 6.11. The van der Waals surface area contributed by atoms with Gasteiger partial charge in [0.05, 0.1) is 12.3 Å². The first kappa shape index (κ1) is 12.4. The third kappa shape index (κ3) is 2.63. The van der Waals surface area contributed by atoms with Gasteiger partial charge in [-0.1, -0.05) is 13.8 Å². The lowest BCUT2D eigenvalue weighted by Crippen LogP contribution is -2.17. The van der Waals surface area contributed by atoms with E-state index in [1.807, 2.05) is 11.7 Å². The smallest absolute Gasteiger partial charge is 0.124 e. The number of aryl methyl sites for hydroxylation is 1. The fourth-order valence-electron chi connectivity index (χ4n) is 2.50. The first-order valence-corrected chi connectivity index (χ1v) is 6.48. The molecule has 0 spiro atoms. The molecule has 0 saturated carbocycles. The van der Waals surface area contributed by atoms with Crippen LogP contribution in [0.1, 0.15) is 43.9 Å². The van der Waals surface area contributed by atoms with Gasteiger partial charge in [0.25, 0.3) is 0 Å². The molecule has 96 valence electrons. The molecular weight excluding hydrogens is 214 g/mol. The molecule has 1 aromatic rings. The number of rotatable bonds is 3. The molecule has 1 aliphatic heterocycles. The number of nitrogens with zero attached hydrogens (tertiary/aromatic N) is 2. The van der Waals surface area contributed by atoms with Crippen molar-refractivity contribution in [2.45, 2.75) is 39.0 Å². The van der Waals surface area contributed by atoms with Crippen molar-refractivity contribution < 1.29 is 4.74 Å². The summed E-state index contributed by atoms with van der Waals surface area (Å²) in [4.78, 5) is 0. The van der Waals surface area contributed by atoms with E-state index in [4.69, 9.17) is 10.5 Å². The van der Waals surface area contributed by atoms with Crippen molar-refractivity contribution in [2.75, 3.05) is 18.9 Å². The van der Waals surface area contributed by atoms with Crippen LogP contribution in [0.5, 0.6) is 0 Å². The van der Waals surface area contributed by atoms with Crippen molar-refractivity contribution in [3.8, 4) is 0 Å². The molecule has 2 rings (SSSR count). The van der Waals surface area contributed by atoms with Crippen molar-refractivity contribution in [3.63, 3.8) is 0 Å². The van der Waals surface area contributed by atoms with Crippen LogP contribution in [-0.4, -0.2) is 23.0 Å². The normalized spacial score (nSPS) is 21.1. The highest BCUT2D eigenvalue weighted by molar-refractivity contribution is 5.45. The molecule has 0 aliphatic carbocycles. The van der Waals surface area contributed by atoms with Gasteiger partial charge in [0.1, 0.15) is 5.82 Å². The van der Waals surface area contributed by atoms with Gasteiger partial charge >= 0.3 is 0 Å². The zero-order valence-electron chi connectivity index (χ0n) is 11.1. The molecule has 4 heteroatoms. The van der Waals surface area contributed by atoms with Crippen LogP contribution in [0.25, 0.3) is 0 Å². The molecule has 1 fully saturated rings. The second-order valence-electron chi connectivity index (χ2n) is 5.38. The van der Waals surface area contributed by atoms with Crippen LogP contribution < -0.4 is 5.73 Å². The van der Waals surface area contributed by atoms with Gasteiger partial charge in [0, 0.05) is 25.1 Å². The molecule has 1 atom stereocenters. The van der Waals surface area contributed by atoms with Gasteiger partial charge in [0.2, 0.25) is 0 Å². The minimum absolute atomic E-state index is 0.431. The second kappa shape index (κ2) is 5.08. The van der Waals surface area contributed by atoms with Crippen LogP contribution in [0.2, 0.25) is 0 Å². The molecule has 1 unspecified atom stereocenters. The molecule has 1 aliphatic rings. The van der Waals surface area contributed by atoms with E-state index in [1.165, 1.54) is 17.7 Å². The molecule has 0 radical (unpaired) electrons. The maximum Gasteiger partial charge on any atom is 0.124 e. The van der Waals surface area contributed by atoms with Gasteiger partial charge in [-0.05, 0) is 25.2 Å². The van der Waals surface area contributed by atoms with Gasteiger partial charge in [-0.15, -0.1) is 0 Å². The van der Waals surface area contributed by atoms with Crippen molar-refractivity contribution in [1.82, 2.24) is 9.78 Å². The van der Waals surface area contributed by atoms with Crippen molar-refractivity contribution in [2.24, 2.45) is 13.0 Å². The predicted octanol–water partition coefficient (Wildman–Crippen LogP) is 2.09. The van der Waals surface area contributed by atoms with Crippen LogP contribution in [-0.2, 0) is 18.2 Å². The fourth-order valence-corrected chi connectivity index (χ4v) is 2.50. The van der Waals surface area contributed by atoms with E-state index in [-0.39, 0.29) is 0 Å². The lowest BCUT2D eigenvalue weighted by Gasteiger charge is -2.21. The van der Waals surface area contributed by atoms with Crippen LogP contribution in [0.3, 0.4) is 0 Å². The molecule has 17 heavy (non-hydrogen) atoms. The highest BCUT2D eigenvalue weighted by atomic mass is 16.5. The first-order valence-electron chi connectivity index (χ1n) is 6.48. The number of nitrogen functional groups attached to an aromatic ring is 1. The fraction of sp³-hybridized carbons (Fsp3) is 0.769. The number of aromatic nitrogens is 2. The Balaban J connectivity index is 2.28. The van der Waals surface area contributed by atoms with E-state index in [0.717, 1.165) is 31.9 Å². The summed E-state index contributed by atoms with van der Waals surface area (Å²) in [5.74, 6) is 1.85. The highest BCUT2D eigenvalue weighted by Crippen LogP contribution is 2.31. The molecule has 0 aromatic carbocycles. The number of nitrogens with two attached hydrogens (primary N) is 1. The minimum Gasteiger partial charge on any atom is -0.384 e. The van der Waals surface area contributed by atoms with Crippen molar-refractivity contribution >= 4 is 5.82 Å². The van der Waals surface area contributed by atoms with Gasteiger partial charge < -0.3 is 10.5 Å². The van der Waals surface area contributed by atoms with Gasteiger partial charge in [0.15, 0.2) is 0 Å². The van der Waals surface area contributed by atoms with Gasteiger partial charge in [-0.2, -0.15) is 5.10 Å². The Morgan fingerprint density at radius 2 is 2.29 bits per heavy atom. The van der Waals surface area contributed by atoms with E-state index in [9.17, 15) is 0 Å². The summed E-state index contributed by atoms with van der Waals surface area (Å²) in [6, 6.07) is 0. The minimum atomic E-state index is 0.431. The van der Waals surface area contributed by atoms with Crippen LogP contribution in [0, 0.1) is 5.92 Å². The highest BCUT2D eigenvalue weighted by Gasteiger charge is 2.24. The lowest BCUT2D eigenvalue weighted by atomic mass is 9.92. The second-order valence-corrected chi connectivity index (χ2v) is 5.38. The summed E-state index contributed by atoms with van der Waals surface area (Å²) in [7, 11) is 1.92. The maximum absolute atomic E-state index is 6.12. The van der Waals surface area contributed by atoms with Crippen LogP contribution in [0.4, 0.5) is 5.82 Å². The third-order valence-corrected chi connectivity index (χ3v) is 3.38. The Morgan fingerprint density at radius 3 is 2.88 bits per heavy atom. The standard InChI is InChI=1S/C13H23N3O/c1-9(2)7-11-12(15-16(3)13(11)14)10-5-4-6-17-8-10/h9-10H,4-8,14H2,1-3H3. The van der Waals surface area contributed by atoms with Crippen molar-refractivity contribution in [3.05, 3.63) is 11.3 Å². The molecule has 2 N–H and O–H groups in total. The zero-order chi connectivity index (χ0) is 12.4. The Kier molecular flexibility index (Phi) is 3.72. The topological polar surface area (TPSA) is 53.1 Å². The van der Waals surface area contributed by atoms with E-state index >= 15 is 0 Å². The van der Waals surface area contributed by atoms with E-state index in [0.29, 0.717) is 11.8 Å². The maximum atomic E-state index is 6.12. The molecular formula is C13H23N3O. The van der Waals surface area contributed by atoms with Gasteiger partial charge in [-0.3, -0.25) is 4.68 Å². The molecule has 1 saturated heterocycles. The summed E-state index contributed by atoms with van der Waals surface area (Å²) < 4.78 is 7.36. The van der Waals surface area contributed by atoms with E-state index < -0.39 is 0 Å². The Labute approximate surface area is 103 Å². The van der Waals surface area contributed by atoms with Crippen LogP contribution in [0.15, 0.2) is 0 Å². The largest absolute Gasteiger partial charge is 0.384 e. The molecule has 2 heterocycles. The Bertz CT molecular complexity index is 378. The Hall–Kier alpha value is -1.03. The predicted molar refractivity (Wildman–Crippen MR) is 69.0 cm³/mol. The van der Waals surface area contributed by atoms with Gasteiger partial charge in [-0.25, -0.2) is 0 Å². The van der Waals surface area contributed by atoms with Crippen molar-refractivity contribution in [1.29, 1.82) is 0 Å². The molecule has 0 bridgehead atoms. The third-order valence-electron chi connectivity index (χ3n) is 3.38. The average molecular weight is 237 g/mol. The van der Waals surface area contributed by atoms with Crippen LogP contribution >= 0.6 is 0 Å².